The van der Waals surface area contributed by atoms with Gasteiger partial charge in [0, 0.05) is 13.2 Å². The zero-order valence-electron chi connectivity index (χ0n) is 9.79. The smallest absolute Gasteiger partial charge is 0.0947 e. The first-order valence-corrected chi connectivity index (χ1v) is 5.25. The number of hydrogen-bond acceptors (Lipinski definition) is 3. The fraction of sp³-hybridized carbons (Fsp3) is 0.909. The summed E-state index contributed by atoms with van der Waals surface area (Å²) in [6, 6.07) is 2.17. The third-order valence-electron chi connectivity index (χ3n) is 2.28. The van der Waals surface area contributed by atoms with E-state index in [1.807, 2.05) is 18.9 Å². The molecule has 14 heavy (non-hydrogen) atoms. The Hall–Kier alpha value is -0.590. The first kappa shape index (κ1) is 13.4. The Morgan fingerprint density at radius 2 is 1.93 bits per heavy atom. The van der Waals surface area contributed by atoms with Crippen LogP contribution in [-0.2, 0) is 4.74 Å². The third kappa shape index (κ3) is 6.88. The van der Waals surface area contributed by atoms with E-state index in [-0.39, 0.29) is 6.04 Å². The number of nitriles is 1. The van der Waals surface area contributed by atoms with Gasteiger partial charge in [-0.3, -0.25) is 4.90 Å². The monoisotopic (exact) mass is 198 g/mol. The van der Waals surface area contributed by atoms with Crippen LogP contribution in [0.2, 0.25) is 0 Å². The highest BCUT2D eigenvalue weighted by Crippen LogP contribution is 1.99. The van der Waals surface area contributed by atoms with Crippen molar-refractivity contribution in [3.63, 3.8) is 0 Å². The van der Waals surface area contributed by atoms with Crippen LogP contribution >= 0.6 is 0 Å². The molecule has 0 bridgehead atoms. The van der Waals surface area contributed by atoms with Crippen molar-refractivity contribution in [3.8, 4) is 6.07 Å². The Bertz CT molecular complexity index is 175. The van der Waals surface area contributed by atoms with E-state index >= 15 is 0 Å². The molecule has 0 aromatic rings. The lowest BCUT2D eigenvalue weighted by atomic mass is 10.1. The lowest BCUT2D eigenvalue weighted by Gasteiger charge is -2.18. The molecule has 0 spiro atoms. The van der Waals surface area contributed by atoms with Crippen molar-refractivity contribution in [2.24, 2.45) is 5.92 Å². The van der Waals surface area contributed by atoms with Crippen LogP contribution in [-0.4, -0.2) is 37.7 Å². The minimum atomic E-state index is -0.0244. The quantitative estimate of drug-likeness (QED) is 0.586. The van der Waals surface area contributed by atoms with Crippen molar-refractivity contribution in [2.75, 3.05) is 26.8 Å². The highest BCUT2D eigenvalue weighted by molar-refractivity contribution is 4.86. The summed E-state index contributed by atoms with van der Waals surface area (Å²) >= 11 is 0. The van der Waals surface area contributed by atoms with Gasteiger partial charge < -0.3 is 4.74 Å². The van der Waals surface area contributed by atoms with Crippen LogP contribution in [0.5, 0.6) is 0 Å². The van der Waals surface area contributed by atoms with Gasteiger partial charge in [0.2, 0.25) is 0 Å². The van der Waals surface area contributed by atoms with Crippen molar-refractivity contribution in [1.29, 1.82) is 5.26 Å². The molecule has 0 aromatic heterocycles. The second-order valence-corrected chi connectivity index (χ2v) is 4.08. The van der Waals surface area contributed by atoms with Crippen LogP contribution in [0.15, 0.2) is 0 Å². The Labute approximate surface area is 87.7 Å². The Balaban J connectivity index is 3.32. The maximum Gasteiger partial charge on any atom is 0.0947 e. The number of nitrogens with zero attached hydrogens (tertiary/aromatic N) is 2. The van der Waals surface area contributed by atoms with Crippen LogP contribution in [0.25, 0.3) is 0 Å². The molecule has 0 N–H and O–H groups in total. The standard InChI is InChI=1S/C11H22N2O/c1-10(2)5-7-14-8-6-13(4)11(3)9-12/h10-11H,5-8H2,1-4H3. The van der Waals surface area contributed by atoms with E-state index in [4.69, 9.17) is 10.00 Å². The van der Waals surface area contributed by atoms with Crippen LogP contribution < -0.4 is 0 Å². The molecule has 0 amide bonds. The van der Waals surface area contributed by atoms with E-state index in [0.717, 1.165) is 26.2 Å². The highest BCUT2D eigenvalue weighted by Gasteiger charge is 2.06. The minimum absolute atomic E-state index is 0.0244. The second kappa shape index (κ2) is 7.78. The lowest BCUT2D eigenvalue weighted by molar-refractivity contribution is 0.0991. The topological polar surface area (TPSA) is 36.3 Å². The van der Waals surface area contributed by atoms with Crippen LogP contribution in [0.4, 0.5) is 0 Å². The molecular formula is C11H22N2O. The van der Waals surface area contributed by atoms with Crippen molar-refractivity contribution in [2.45, 2.75) is 33.2 Å². The third-order valence-corrected chi connectivity index (χ3v) is 2.28. The van der Waals surface area contributed by atoms with Gasteiger partial charge >= 0.3 is 0 Å². The molecule has 0 saturated carbocycles. The molecule has 1 unspecified atom stereocenters. The van der Waals surface area contributed by atoms with Gasteiger partial charge in [-0.05, 0) is 26.3 Å². The summed E-state index contributed by atoms with van der Waals surface area (Å²) in [5.41, 5.74) is 0. The number of hydrogen-bond donors (Lipinski definition) is 0. The van der Waals surface area contributed by atoms with Gasteiger partial charge in [-0.15, -0.1) is 0 Å². The van der Waals surface area contributed by atoms with E-state index < -0.39 is 0 Å². The minimum Gasteiger partial charge on any atom is -0.380 e. The van der Waals surface area contributed by atoms with Crippen LogP contribution in [0, 0.1) is 17.2 Å². The predicted molar refractivity (Wildman–Crippen MR) is 58.0 cm³/mol. The first-order chi connectivity index (χ1) is 6.57. The zero-order valence-corrected chi connectivity index (χ0v) is 9.79. The Kier molecular flexibility index (Phi) is 7.45. The van der Waals surface area contributed by atoms with Crippen LogP contribution in [0.1, 0.15) is 27.2 Å². The van der Waals surface area contributed by atoms with E-state index in [1.165, 1.54) is 0 Å². The van der Waals surface area contributed by atoms with E-state index in [0.29, 0.717) is 5.92 Å². The van der Waals surface area contributed by atoms with Gasteiger partial charge in [0.1, 0.15) is 0 Å². The van der Waals surface area contributed by atoms with E-state index in [2.05, 4.69) is 19.9 Å². The molecule has 0 aliphatic rings. The highest BCUT2D eigenvalue weighted by atomic mass is 16.5. The van der Waals surface area contributed by atoms with Crippen LogP contribution in [0.3, 0.4) is 0 Å². The molecule has 0 aliphatic heterocycles. The summed E-state index contributed by atoms with van der Waals surface area (Å²) in [5, 5.41) is 8.65. The van der Waals surface area contributed by atoms with Crippen molar-refractivity contribution in [3.05, 3.63) is 0 Å². The Morgan fingerprint density at radius 1 is 1.29 bits per heavy atom. The molecule has 1 atom stereocenters. The maximum atomic E-state index is 8.65. The van der Waals surface area contributed by atoms with Gasteiger partial charge in [0.25, 0.3) is 0 Å². The van der Waals surface area contributed by atoms with Gasteiger partial charge in [-0.1, -0.05) is 13.8 Å². The largest absolute Gasteiger partial charge is 0.380 e. The molecule has 0 aromatic carbocycles. The molecule has 82 valence electrons. The second-order valence-electron chi connectivity index (χ2n) is 4.08. The summed E-state index contributed by atoms with van der Waals surface area (Å²) in [7, 11) is 1.94. The molecule has 3 nitrogen and oxygen atoms in total. The molecule has 0 fully saturated rings. The molecule has 0 aliphatic carbocycles. The predicted octanol–water partition coefficient (Wildman–Crippen LogP) is 1.89. The number of likely N-dealkylation sites (N-methyl/N-ethyl adjacent to an activating group) is 1. The first-order valence-electron chi connectivity index (χ1n) is 5.25. The molecule has 0 rings (SSSR count). The van der Waals surface area contributed by atoms with E-state index in [1.54, 1.807) is 0 Å². The molecular weight excluding hydrogens is 176 g/mol. The summed E-state index contributed by atoms with van der Waals surface area (Å²) < 4.78 is 5.46. The summed E-state index contributed by atoms with van der Waals surface area (Å²) in [6.07, 6.45) is 1.11. The van der Waals surface area contributed by atoms with Gasteiger partial charge in [0.15, 0.2) is 0 Å². The fourth-order valence-electron chi connectivity index (χ4n) is 0.922. The SMILES string of the molecule is CC(C)CCOCCN(C)C(C)C#N. The Morgan fingerprint density at radius 3 is 2.43 bits per heavy atom. The van der Waals surface area contributed by atoms with Crippen molar-refractivity contribution in [1.82, 2.24) is 4.90 Å². The number of ether oxygens (including phenoxy) is 1. The zero-order chi connectivity index (χ0) is 11.0. The molecule has 3 heteroatoms. The van der Waals surface area contributed by atoms with Gasteiger partial charge in [0.05, 0.1) is 18.7 Å². The summed E-state index contributed by atoms with van der Waals surface area (Å²) in [5.74, 6) is 0.700. The fourth-order valence-corrected chi connectivity index (χ4v) is 0.922. The molecule has 0 radical (unpaired) electrons. The van der Waals surface area contributed by atoms with E-state index in [9.17, 15) is 0 Å². The molecule has 0 saturated heterocycles. The summed E-state index contributed by atoms with van der Waals surface area (Å²) in [4.78, 5) is 2.00. The van der Waals surface area contributed by atoms with Gasteiger partial charge in [-0.2, -0.15) is 5.26 Å². The normalized spacial score (nSPS) is 13.2. The maximum absolute atomic E-state index is 8.65. The summed E-state index contributed by atoms with van der Waals surface area (Å²) in [6.45, 7) is 8.64. The van der Waals surface area contributed by atoms with Crippen molar-refractivity contribution >= 4 is 0 Å². The average molecular weight is 198 g/mol. The molecule has 0 heterocycles. The van der Waals surface area contributed by atoms with Crippen molar-refractivity contribution < 1.29 is 4.74 Å². The van der Waals surface area contributed by atoms with Gasteiger partial charge in [-0.25, -0.2) is 0 Å². The number of rotatable bonds is 7. The lowest BCUT2D eigenvalue weighted by Crippen LogP contribution is -2.31. The average Bonchev–Trinajstić information content (AvgIpc) is 2.15.